The van der Waals surface area contributed by atoms with Crippen molar-refractivity contribution in [2.45, 2.75) is 0 Å². The molecule has 1 aromatic heterocycles. The number of nitrogens with two attached hydrogens (primary N) is 1. The Bertz CT molecular complexity index is 574. The summed E-state index contributed by atoms with van der Waals surface area (Å²) in [5.41, 5.74) is 5.56. The van der Waals surface area contributed by atoms with Crippen LogP contribution in [0.5, 0.6) is 0 Å². The number of nitrogen functional groups attached to an aromatic ring is 1. The summed E-state index contributed by atoms with van der Waals surface area (Å²) in [5, 5.41) is 14.7. The molecule has 0 saturated heterocycles. The zero-order valence-corrected chi connectivity index (χ0v) is 8.92. The fourth-order valence-electron chi connectivity index (χ4n) is 1.66. The van der Waals surface area contributed by atoms with Crippen LogP contribution >= 0.6 is 0 Å². The van der Waals surface area contributed by atoms with Gasteiger partial charge in [0, 0.05) is 13.1 Å². The molecule has 0 atom stereocenters. The Balaban J connectivity index is 2.79. The Morgan fingerprint density at radius 1 is 1.53 bits per heavy atom. The zero-order chi connectivity index (χ0) is 12.6. The van der Waals surface area contributed by atoms with Gasteiger partial charge < -0.3 is 5.73 Å². The number of hydrogen-bond donors (Lipinski definition) is 1. The van der Waals surface area contributed by atoms with Gasteiger partial charge in [0.05, 0.1) is 16.8 Å². The Kier molecular flexibility index (Phi) is 2.51. The Hall–Kier alpha value is -2.44. The van der Waals surface area contributed by atoms with Crippen LogP contribution in [0, 0.1) is 15.9 Å². The van der Waals surface area contributed by atoms with Gasteiger partial charge in [-0.2, -0.15) is 5.10 Å². The van der Waals surface area contributed by atoms with E-state index in [2.05, 4.69) is 5.10 Å². The number of nitro groups is 1. The minimum Gasteiger partial charge on any atom is -0.396 e. The van der Waals surface area contributed by atoms with Crippen molar-refractivity contribution < 1.29 is 9.31 Å². The lowest BCUT2D eigenvalue weighted by Gasteiger charge is -2.06. The van der Waals surface area contributed by atoms with Gasteiger partial charge >= 0.3 is 0 Å². The predicted octanol–water partition coefficient (Wildman–Crippen LogP) is 1.72. The van der Waals surface area contributed by atoms with Gasteiger partial charge in [0.25, 0.3) is 5.69 Å². The molecule has 0 bridgehead atoms. The second-order valence-corrected chi connectivity index (χ2v) is 3.46. The fraction of sp³-hybridized carbons (Fsp3) is 0.100. The molecule has 6 nitrogen and oxygen atoms in total. The van der Waals surface area contributed by atoms with Gasteiger partial charge in [0.1, 0.15) is 17.1 Å². The number of nitrogens with zero attached hydrogens (tertiary/aromatic N) is 3. The van der Waals surface area contributed by atoms with E-state index in [1.807, 2.05) is 0 Å². The molecule has 1 heterocycles. The third kappa shape index (κ3) is 1.71. The van der Waals surface area contributed by atoms with Crippen LogP contribution in [0.3, 0.4) is 0 Å². The van der Waals surface area contributed by atoms with Crippen molar-refractivity contribution in [3.05, 3.63) is 40.3 Å². The van der Waals surface area contributed by atoms with Gasteiger partial charge in [0.15, 0.2) is 0 Å². The summed E-state index contributed by atoms with van der Waals surface area (Å²) >= 11 is 0. The fourth-order valence-corrected chi connectivity index (χ4v) is 1.66. The largest absolute Gasteiger partial charge is 0.396 e. The molecule has 0 aliphatic rings. The molecule has 2 N–H and O–H groups in total. The Morgan fingerprint density at radius 2 is 2.24 bits per heavy atom. The van der Waals surface area contributed by atoms with Crippen LogP contribution in [0.15, 0.2) is 24.4 Å². The molecule has 17 heavy (non-hydrogen) atoms. The van der Waals surface area contributed by atoms with Gasteiger partial charge in [-0.05, 0) is 6.07 Å². The van der Waals surface area contributed by atoms with Gasteiger partial charge in [-0.15, -0.1) is 0 Å². The predicted molar refractivity (Wildman–Crippen MR) is 59.7 cm³/mol. The van der Waals surface area contributed by atoms with E-state index in [0.717, 1.165) is 6.07 Å². The van der Waals surface area contributed by atoms with Crippen LogP contribution in [0.25, 0.3) is 11.3 Å². The van der Waals surface area contributed by atoms with Crippen LogP contribution in [0.2, 0.25) is 0 Å². The highest BCUT2D eigenvalue weighted by molar-refractivity contribution is 5.79. The summed E-state index contributed by atoms with van der Waals surface area (Å²) in [5.74, 6) is -0.700. The topological polar surface area (TPSA) is 87.0 Å². The van der Waals surface area contributed by atoms with E-state index < -0.39 is 10.7 Å². The second-order valence-electron chi connectivity index (χ2n) is 3.46. The van der Waals surface area contributed by atoms with E-state index in [-0.39, 0.29) is 22.6 Å². The first kappa shape index (κ1) is 11.1. The molecule has 0 radical (unpaired) electrons. The highest BCUT2D eigenvalue weighted by Crippen LogP contribution is 2.35. The van der Waals surface area contributed by atoms with E-state index in [1.165, 1.54) is 23.0 Å². The maximum Gasteiger partial charge on any atom is 0.281 e. The average Bonchev–Trinajstić information content (AvgIpc) is 2.59. The quantitative estimate of drug-likeness (QED) is 0.635. The van der Waals surface area contributed by atoms with E-state index in [4.69, 9.17) is 5.73 Å². The van der Waals surface area contributed by atoms with E-state index >= 15 is 0 Å². The number of nitro benzene ring substituents is 1. The van der Waals surface area contributed by atoms with Crippen LogP contribution in [0.4, 0.5) is 15.8 Å². The van der Waals surface area contributed by atoms with Crippen molar-refractivity contribution in [2.75, 3.05) is 5.73 Å². The lowest BCUT2D eigenvalue weighted by atomic mass is 10.1. The lowest BCUT2D eigenvalue weighted by Crippen LogP contribution is -2.01. The monoisotopic (exact) mass is 236 g/mol. The van der Waals surface area contributed by atoms with Gasteiger partial charge in [-0.3, -0.25) is 14.8 Å². The molecule has 2 rings (SSSR count). The SMILES string of the molecule is Cn1ncc(N)c1-c1c(F)cccc1[N+](=O)[O-]. The number of aromatic nitrogens is 2. The molecule has 2 aromatic rings. The molecule has 0 fully saturated rings. The summed E-state index contributed by atoms with van der Waals surface area (Å²) in [6.45, 7) is 0. The third-order valence-corrected chi connectivity index (χ3v) is 2.39. The molecular formula is C10H9FN4O2. The molecule has 7 heteroatoms. The number of halogens is 1. The molecule has 0 amide bonds. The maximum absolute atomic E-state index is 13.7. The van der Waals surface area contributed by atoms with Crippen LogP contribution < -0.4 is 5.73 Å². The molecule has 0 aliphatic heterocycles. The minimum atomic E-state index is -0.700. The number of hydrogen-bond acceptors (Lipinski definition) is 4. The molecule has 0 spiro atoms. The first-order valence-electron chi connectivity index (χ1n) is 4.73. The van der Waals surface area contributed by atoms with Crippen molar-refractivity contribution in [3.63, 3.8) is 0 Å². The summed E-state index contributed by atoms with van der Waals surface area (Å²) in [6.07, 6.45) is 1.32. The number of rotatable bonds is 2. The van der Waals surface area contributed by atoms with Crippen molar-refractivity contribution in [3.8, 4) is 11.3 Å². The van der Waals surface area contributed by atoms with Crippen molar-refractivity contribution in [1.29, 1.82) is 0 Å². The van der Waals surface area contributed by atoms with E-state index in [0.29, 0.717) is 0 Å². The normalized spacial score (nSPS) is 10.5. The molecular weight excluding hydrogens is 227 g/mol. The molecule has 88 valence electrons. The van der Waals surface area contributed by atoms with E-state index in [9.17, 15) is 14.5 Å². The second kappa shape index (κ2) is 3.85. The summed E-state index contributed by atoms with van der Waals surface area (Å²) < 4.78 is 15.0. The van der Waals surface area contributed by atoms with Crippen LogP contribution in [-0.4, -0.2) is 14.7 Å². The summed E-state index contributed by atoms with van der Waals surface area (Å²) in [6, 6.07) is 3.66. The summed E-state index contributed by atoms with van der Waals surface area (Å²) in [7, 11) is 1.54. The van der Waals surface area contributed by atoms with Crippen molar-refractivity contribution in [2.24, 2.45) is 7.05 Å². The molecule has 0 aliphatic carbocycles. The van der Waals surface area contributed by atoms with Crippen molar-refractivity contribution in [1.82, 2.24) is 9.78 Å². The highest BCUT2D eigenvalue weighted by atomic mass is 19.1. The standard InChI is InChI=1S/C10H9FN4O2/c1-14-10(7(12)5-13-14)9-6(11)3-2-4-8(9)15(16)17/h2-5H,12H2,1H3. The van der Waals surface area contributed by atoms with Crippen LogP contribution in [0.1, 0.15) is 0 Å². The first-order chi connectivity index (χ1) is 8.02. The molecule has 0 saturated carbocycles. The van der Waals surface area contributed by atoms with Crippen molar-refractivity contribution >= 4 is 11.4 Å². The number of aryl methyl sites for hydroxylation is 1. The van der Waals surface area contributed by atoms with E-state index in [1.54, 1.807) is 7.05 Å². The Morgan fingerprint density at radius 3 is 2.76 bits per heavy atom. The smallest absolute Gasteiger partial charge is 0.281 e. The van der Waals surface area contributed by atoms with Gasteiger partial charge in [-0.1, -0.05) is 6.07 Å². The lowest BCUT2D eigenvalue weighted by molar-refractivity contribution is -0.384. The first-order valence-corrected chi connectivity index (χ1v) is 4.73. The Labute approximate surface area is 95.6 Å². The highest BCUT2D eigenvalue weighted by Gasteiger charge is 2.23. The molecule has 1 aromatic carbocycles. The summed E-state index contributed by atoms with van der Waals surface area (Å²) in [4.78, 5) is 10.2. The zero-order valence-electron chi connectivity index (χ0n) is 8.92. The number of anilines is 1. The number of benzene rings is 1. The average molecular weight is 236 g/mol. The molecule has 0 unspecified atom stereocenters. The minimum absolute atomic E-state index is 0.144. The van der Waals surface area contributed by atoms with Gasteiger partial charge in [0.2, 0.25) is 0 Å². The van der Waals surface area contributed by atoms with Crippen LogP contribution in [-0.2, 0) is 7.05 Å². The van der Waals surface area contributed by atoms with Gasteiger partial charge in [-0.25, -0.2) is 4.39 Å². The third-order valence-electron chi connectivity index (χ3n) is 2.39. The maximum atomic E-state index is 13.7.